The average molecular weight is 195 g/mol. The minimum atomic E-state index is -0.303. The lowest BCUT2D eigenvalue weighted by atomic mass is 9.72. The molecule has 2 nitrogen and oxygen atoms in total. The number of phenolic OH excluding ortho intramolecular Hbond substituents is 1. The van der Waals surface area contributed by atoms with E-state index in [1.54, 1.807) is 6.07 Å². The molecule has 1 aliphatic carbocycles. The van der Waals surface area contributed by atoms with Crippen molar-refractivity contribution in [2.45, 2.75) is 29.7 Å². The van der Waals surface area contributed by atoms with Crippen LogP contribution in [-0.4, -0.2) is 5.11 Å². The molecule has 0 aromatic heterocycles. The van der Waals surface area contributed by atoms with Gasteiger partial charge in [0.05, 0.1) is 0 Å². The normalized spacial score (nSPS) is 19.5. The molecule has 2 rings (SSSR count). The van der Waals surface area contributed by atoms with Gasteiger partial charge in [0.25, 0.3) is 0 Å². The molecule has 70 valence electrons. The van der Waals surface area contributed by atoms with Gasteiger partial charge in [-0.2, -0.15) is 0 Å². The maximum absolute atomic E-state index is 9.74. The van der Waals surface area contributed by atoms with Gasteiger partial charge in [-0.25, -0.2) is 0 Å². The Morgan fingerprint density at radius 1 is 1.38 bits per heavy atom. The molecule has 1 fully saturated rings. The number of phenols is 1. The zero-order valence-corrected chi connectivity index (χ0v) is 8.22. The largest absolute Gasteiger partial charge is 0.506 e. The van der Waals surface area contributed by atoms with E-state index in [0.717, 1.165) is 24.8 Å². The zero-order chi connectivity index (χ0) is 9.47. The predicted molar refractivity (Wildman–Crippen MR) is 55.1 cm³/mol. The highest BCUT2D eigenvalue weighted by molar-refractivity contribution is 7.80. The molecule has 0 atom stereocenters. The molecule has 0 aliphatic heterocycles. The lowest BCUT2D eigenvalue weighted by molar-refractivity contribution is 0.244. The summed E-state index contributed by atoms with van der Waals surface area (Å²) in [6, 6.07) is 5.53. The smallest absolute Gasteiger partial charge is 0.133 e. The minimum Gasteiger partial charge on any atom is -0.506 e. The SMILES string of the molecule is NC1(c2cccc(S)c2O)CCC1. The van der Waals surface area contributed by atoms with Crippen molar-refractivity contribution in [2.75, 3.05) is 0 Å². The lowest BCUT2D eigenvalue weighted by Crippen LogP contribution is -2.43. The molecule has 1 aromatic rings. The number of nitrogens with two attached hydrogens (primary N) is 1. The second-order valence-corrected chi connectivity index (χ2v) is 4.16. The average Bonchev–Trinajstić information content (AvgIpc) is 2.06. The second-order valence-electron chi connectivity index (χ2n) is 3.68. The molecule has 0 heterocycles. The minimum absolute atomic E-state index is 0.244. The van der Waals surface area contributed by atoms with Crippen LogP contribution in [-0.2, 0) is 5.54 Å². The van der Waals surface area contributed by atoms with E-state index in [9.17, 15) is 5.11 Å². The van der Waals surface area contributed by atoms with Gasteiger partial charge in [0.15, 0.2) is 0 Å². The quantitative estimate of drug-likeness (QED) is 0.600. The number of para-hydroxylation sites is 1. The van der Waals surface area contributed by atoms with E-state index < -0.39 is 0 Å². The van der Waals surface area contributed by atoms with Crippen LogP contribution >= 0.6 is 12.6 Å². The number of benzene rings is 1. The van der Waals surface area contributed by atoms with Gasteiger partial charge in [-0.05, 0) is 25.3 Å². The second kappa shape index (κ2) is 2.93. The molecule has 3 heteroatoms. The fraction of sp³-hybridized carbons (Fsp3) is 0.400. The number of aromatic hydroxyl groups is 1. The van der Waals surface area contributed by atoms with Crippen molar-refractivity contribution in [1.29, 1.82) is 0 Å². The fourth-order valence-electron chi connectivity index (χ4n) is 1.76. The van der Waals surface area contributed by atoms with Crippen LogP contribution in [0.15, 0.2) is 23.1 Å². The third kappa shape index (κ3) is 1.32. The highest BCUT2D eigenvalue weighted by Crippen LogP contribution is 2.43. The maximum Gasteiger partial charge on any atom is 0.133 e. The van der Waals surface area contributed by atoms with Crippen molar-refractivity contribution in [3.05, 3.63) is 23.8 Å². The zero-order valence-electron chi connectivity index (χ0n) is 7.33. The summed E-state index contributed by atoms with van der Waals surface area (Å²) >= 11 is 4.16. The molecule has 1 saturated carbocycles. The molecule has 0 bridgehead atoms. The number of hydrogen-bond acceptors (Lipinski definition) is 3. The summed E-state index contributed by atoms with van der Waals surface area (Å²) in [4.78, 5) is 0.606. The van der Waals surface area contributed by atoms with Crippen LogP contribution in [0, 0.1) is 0 Å². The van der Waals surface area contributed by atoms with Gasteiger partial charge in [-0.15, -0.1) is 12.6 Å². The fourth-order valence-corrected chi connectivity index (χ4v) is 1.97. The summed E-state index contributed by atoms with van der Waals surface area (Å²) < 4.78 is 0. The first-order chi connectivity index (χ1) is 6.13. The van der Waals surface area contributed by atoms with E-state index in [4.69, 9.17) is 5.73 Å². The highest BCUT2D eigenvalue weighted by Gasteiger charge is 2.36. The molecule has 0 radical (unpaired) electrons. The van der Waals surface area contributed by atoms with Gasteiger partial charge in [0.2, 0.25) is 0 Å². The predicted octanol–water partition coefficient (Wildman–Crippen LogP) is 2.02. The Hall–Kier alpha value is -0.670. The Bertz CT molecular complexity index is 334. The van der Waals surface area contributed by atoms with Gasteiger partial charge in [0.1, 0.15) is 5.75 Å². The Morgan fingerprint density at radius 2 is 2.08 bits per heavy atom. The van der Waals surface area contributed by atoms with Crippen LogP contribution < -0.4 is 5.73 Å². The van der Waals surface area contributed by atoms with Crippen LogP contribution in [0.3, 0.4) is 0 Å². The monoisotopic (exact) mass is 195 g/mol. The molecular weight excluding hydrogens is 182 g/mol. The molecule has 0 unspecified atom stereocenters. The van der Waals surface area contributed by atoms with Crippen LogP contribution in [0.1, 0.15) is 24.8 Å². The topological polar surface area (TPSA) is 46.2 Å². The Kier molecular flexibility index (Phi) is 2.00. The van der Waals surface area contributed by atoms with Crippen LogP contribution in [0.5, 0.6) is 5.75 Å². The van der Waals surface area contributed by atoms with Crippen molar-refractivity contribution in [3.63, 3.8) is 0 Å². The Balaban J connectivity index is 2.45. The summed E-state index contributed by atoms with van der Waals surface area (Å²) in [5.74, 6) is 0.244. The van der Waals surface area contributed by atoms with Crippen LogP contribution in [0.4, 0.5) is 0 Å². The van der Waals surface area contributed by atoms with Gasteiger partial charge in [-0.1, -0.05) is 12.1 Å². The Morgan fingerprint density at radius 3 is 2.62 bits per heavy atom. The van der Waals surface area contributed by atoms with Gasteiger partial charge >= 0.3 is 0 Å². The molecule has 0 spiro atoms. The molecule has 1 aromatic carbocycles. The van der Waals surface area contributed by atoms with E-state index in [-0.39, 0.29) is 11.3 Å². The maximum atomic E-state index is 9.74. The summed E-state index contributed by atoms with van der Waals surface area (Å²) in [5.41, 5.74) is 6.64. The molecular formula is C10H13NOS. The summed E-state index contributed by atoms with van der Waals surface area (Å²) in [7, 11) is 0. The first-order valence-electron chi connectivity index (χ1n) is 4.44. The molecule has 3 N–H and O–H groups in total. The van der Waals surface area contributed by atoms with E-state index in [2.05, 4.69) is 12.6 Å². The number of rotatable bonds is 1. The van der Waals surface area contributed by atoms with Gasteiger partial charge < -0.3 is 10.8 Å². The summed E-state index contributed by atoms with van der Waals surface area (Å²) in [5, 5.41) is 9.74. The van der Waals surface area contributed by atoms with Crippen molar-refractivity contribution < 1.29 is 5.11 Å². The van der Waals surface area contributed by atoms with E-state index >= 15 is 0 Å². The summed E-state index contributed by atoms with van der Waals surface area (Å²) in [6.07, 6.45) is 3.06. The number of hydrogen-bond donors (Lipinski definition) is 3. The van der Waals surface area contributed by atoms with E-state index in [1.807, 2.05) is 12.1 Å². The van der Waals surface area contributed by atoms with E-state index in [1.165, 1.54) is 0 Å². The number of thiol groups is 1. The Labute approximate surface area is 83.2 Å². The third-order valence-electron chi connectivity index (χ3n) is 2.80. The van der Waals surface area contributed by atoms with Gasteiger partial charge in [0, 0.05) is 16.0 Å². The molecule has 13 heavy (non-hydrogen) atoms. The highest BCUT2D eigenvalue weighted by atomic mass is 32.1. The van der Waals surface area contributed by atoms with Crippen LogP contribution in [0.25, 0.3) is 0 Å². The molecule has 0 amide bonds. The van der Waals surface area contributed by atoms with Crippen molar-refractivity contribution in [3.8, 4) is 5.75 Å². The first-order valence-corrected chi connectivity index (χ1v) is 4.88. The third-order valence-corrected chi connectivity index (χ3v) is 3.16. The van der Waals surface area contributed by atoms with Gasteiger partial charge in [-0.3, -0.25) is 0 Å². The van der Waals surface area contributed by atoms with E-state index in [0.29, 0.717) is 4.90 Å². The summed E-state index contributed by atoms with van der Waals surface area (Å²) in [6.45, 7) is 0. The van der Waals surface area contributed by atoms with Crippen molar-refractivity contribution in [2.24, 2.45) is 5.73 Å². The molecule has 1 aliphatic rings. The molecule has 0 saturated heterocycles. The lowest BCUT2D eigenvalue weighted by Gasteiger charge is -2.39. The standard InChI is InChI=1S/C10H13NOS/c11-10(5-2-6-10)7-3-1-4-8(13)9(7)12/h1,3-4,12-13H,2,5-6,11H2. The van der Waals surface area contributed by atoms with Crippen molar-refractivity contribution in [1.82, 2.24) is 0 Å². The van der Waals surface area contributed by atoms with Crippen LogP contribution in [0.2, 0.25) is 0 Å². The van der Waals surface area contributed by atoms with Crippen molar-refractivity contribution >= 4 is 12.6 Å². The first kappa shape index (κ1) is 8.91.